The zero-order valence-electron chi connectivity index (χ0n) is 8.87. The van der Waals surface area contributed by atoms with E-state index in [0.717, 1.165) is 5.69 Å². The van der Waals surface area contributed by atoms with Gasteiger partial charge in [-0.15, -0.1) is 0 Å². The van der Waals surface area contributed by atoms with Crippen molar-refractivity contribution < 1.29 is 6.22 Å². The number of rotatable bonds is 3. The number of nitrogens with one attached hydrogen (secondary N) is 1. The summed E-state index contributed by atoms with van der Waals surface area (Å²) in [4.78, 5) is 15.6. The lowest BCUT2D eigenvalue weighted by atomic mass is 10.1. The Labute approximate surface area is 86.0 Å². The molecule has 78 valence electrons. The van der Waals surface area contributed by atoms with E-state index in [1.807, 2.05) is 19.1 Å². The van der Waals surface area contributed by atoms with Gasteiger partial charge < -0.3 is 5.32 Å². The van der Waals surface area contributed by atoms with Crippen LogP contribution in [0.2, 0.25) is 0 Å². The maximum absolute atomic E-state index is 11.4. The minimum Gasteiger partial charge on any atom is -0.352 e. The van der Waals surface area contributed by atoms with E-state index in [2.05, 4.69) is 24.1 Å². The fourth-order valence-corrected chi connectivity index (χ4v) is 1.14. The molecule has 3 heteroatoms. The van der Waals surface area contributed by atoms with Crippen LogP contribution in [0.1, 0.15) is 44.2 Å². The first-order chi connectivity index (χ1) is 6.65. The van der Waals surface area contributed by atoms with E-state index < -0.39 is 0 Å². The van der Waals surface area contributed by atoms with Crippen molar-refractivity contribution in [2.75, 3.05) is 6.54 Å². The van der Waals surface area contributed by atoms with Crippen LogP contribution in [0.15, 0.2) is 18.3 Å². The third-order valence-corrected chi connectivity index (χ3v) is 1.98. The molecule has 0 aliphatic rings. The molecule has 0 saturated heterocycles. The summed E-state index contributed by atoms with van der Waals surface area (Å²) in [5.41, 5.74) is 1.63. The van der Waals surface area contributed by atoms with E-state index in [9.17, 15) is 4.79 Å². The average Bonchev–Trinajstić information content (AvgIpc) is 2.18. The van der Waals surface area contributed by atoms with Crippen LogP contribution in [0, 0.1) is 0 Å². The van der Waals surface area contributed by atoms with Gasteiger partial charge in [-0.2, -0.15) is 0 Å². The van der Waals surface area contributed by atoms with Gasteiger partial charge in [0.15, 0.2) is 0 Å². The van der Waals surface area contributed by atoms with Gasteiger partial charge in [0.1, 0.15) is 0 Å². The first kappa shape index (κ1) is 10.7. The van der Waals surface area contributed by atoms with Gasteiger partial charge >= 0.3 is 0 Å². The summed E-state index contributed by atoms with van der Waals surface area (Å²) in [6.45, 7) is 6.70. The van der Waals surface area contributed by atoms with E-state index in [1.165, 1.54) is 0 Å². The van der Waals surface area contributed by atoms with Crippen LogP contribution >= 0.6 is 0 Å². The number of aromatic nitrogens is 1. The molecule has 0 fully saturated rings. The molecule has 1 heterocycles. The van der Waals surface area contributed by atoms with Crippen molar-refractivity contribution in [3.63, 3.8) is 0 Å². The van der Waals surface area contributed by atoms with E-state index in [1.54, 1.807) is 6.20 Å². The van der Waals surface area contributed by atoms with Crippen molar-refractivity contribution in [3.8, 4) is 0 Å². The van der Waals surface area contributed by atoms with Crippen molar-refractivity contribution in [3.05, 3.63) is 29.6 Å². The molecule has 0 spiro atoms. The van der Waals surface area contributed by atoms with E-state index in [-0.39, 0.29) is 7.33 Å². The minimum absolute atomic E-state index is 0. The Morgan fingerprint density at radius 1 is 1.57 bits per heavy atom. The molecule has 0 radical (unpaired) electrons. The highest BCUT2D eigenvalue weighted by Crippen LogP contribution is 2.10. The number of amides is 1. The monoisotopic (exact) mass is 194 g/mol. The normalized spacial score (nSPS) is 10.3. The van der Waals surface area contributed by atoms with Gasteiger partial charge in [0.25, 0.3) is 5.91 Å². The molecule has 0 saturated carbocycles. The Balaban J connectivity index is 0.00000196. The minimum atomic E-state index is -0.0599. The molecule has 1 N–H and O–H groups in total. The fraction of sp³-hybridized carbons (Fsp3) is 0.455. The second-order valence-electron chi connectivity index (χ2n) is 3.49. The van der Waals surface area contributed by atoms with Crippen molar-refractivity contribution in [2.24, 2.45) is 0 Å². The van der Waals surface area contributed by atoms with Gasteiger partial charge in [0.05, 0.1) is 5.56 Å². The standard InChI is InChI=1S/C11H16N2O.H2/c1-4-12-11(14)9-5-6-10(8(2)3)13-7-9;/h5-8H,4H2,1-3H3,(H,12,14);1H. The molecule has 14 heavy (non-hydrogen) atoms. The first-order valence-electron chi connectivity index (χ1n) is 4.89. The summed E-state index contributed by atoms with van der Waals surface area (Å²) < 4.78 is 0. The summed E-state index contributed by atoms with van der Waals surface area (Å²) in [6.07, 6.45) is 1.63. The van der Waals surface area contributed by atoms with Gasteiger partial charge in [-0.1, -0.05) is 13.8 Å². The highest BCUT2D eigenvalue weighted by Gasteiger charge is 2.05. The number of hydrogen-bond donors (Lipinski definition) is 1. The number of pyridine rings is 1. The lowest BCUT2D eigenvalue weighted by molar-refractivity contribution is 0.0955. The Hall–Kier alpha value is -1.38. The van der Waals surface area contributed by atoms with Crippen molar-refractivity contribution in [1.29, 1.82) is 0 Å². The molecule has 0 bridgehead atoms. The maximum atomic E-state index is 11.4. The first-order valence-corrected chi connectivity index (χ1v) is 4.89. The molecule has 0 aliphatic carbocycles. The lowest BCUT2D eigenvalue weighted by Gasteiger charge is -2.05. The predicted molar refractivity (Wildman–Crippen MR) is 58.4 cm³/mol. The third kappa shape index (κ3) is 2.55. The summed E-state index contributed by atoms with van der Waals surface area (Å²) in [5.74, 6) is 0.341. The molecule has 1 aromatic rings. The summed E-state index contributed by atoms with van der Waals surface area (Å²) >= 11 is 0. The lowest BCUT2D eigenvalue weighted by Crippen LogP contribution is -2.22. The molecule has 1 aromatic heterocycles. The highest BCUT2D eigenvalue weighted by molar-refractivity contribution is 5.93. The van der Waals surface area contributed by atoms with Crippen LogP contribution in [0.3, 0.4) is 0 Å². The SMILES string of the molecule is CCNC(=O)c1ccc(C(C)C)nc1.[HH]. The van der Waals surface area contributed by atoms with E-state index in [0.29, 0.717) is 18.0 Å². The molecular formula is C11H18N2O. The smallest absolute Gasteiger partial charge is 0.252 e. The largest absolute Gasteiger partial charge is 0.352 e. The molecule has 3 nitrogen and oxygen atoms in total. The number of hydrogen-bond acceptors (Lipinski definition) is 2. The van der Waals surface area contributed by atoms with Gasteiger partial charge in [0.2, 0.25) is 0 Å². The quantitative estimate of drug-likeness (QED) is 0.801. The molecule has 0 unspecified atom stereocenters. The summed E-state index contributed by atoms with van der Waals surface area (Å²) in [5, 5.41) is 2.73. The topological polar surface area (TPSA) is 42.0 Å². The zero-order chi connectivity index (χ0) is 10.6. The Morgan fingerprint density at radius 2 is 2.29 bits per heavy atom. The Bertz CT molecular complexity index is 309. The maximum Gasteiger partial charge on any atom is 0.252 e. The van der Waals surface area contributed by atoms with Crippen LogP contribution in [0.4, 0.5) is 0 Å². The van der Waals surface area contributed by atoms with Crippen LogP contribution in [-0.4, -0.2) is 17.4 Å². The van der Waals surface area contributed by atoms with Gasteiger partial charge in [-0.25, -0.2) is 0 Å². The summed E-state index contributed by atoms with van der Waals surface area (Å²) in [7, 11) is 0. The molecule has 0 aliphatic heterocycles. The molecule has 1 rings (SSSR count). The van der Waals surface area contributed by atoms with Crippen LogP contribution in [-0.2, 0) is 0 Å². The second-order valence-corrected chi connectivity index (χ2v) is 3.49. The van der Waals surface area contributed by atoms with Crippen molar-refractivity contribution >= 4 is 5.91 Å². The fourth-order valence-electron chi connectivity index (χ4n) is 1.14. The molecule has 1 amide bonds. The highest BCUT2D eigenvalue weighted by atomic mass is 16.1. The zero-order valence-corrected chi connectivity index (χ0v) is 8.87. The Kier molecular flexibility index (Phi) is 3.63. The predicted octanol–water partition coefficient (Wildman–Crippen LogP) is 2.20. The third-order valence-electron chi connectivity index (χ3n) is 1.98. The average molecular weight is 194 g/mol. The van der Waals surface area contributed by atoms with Crippen molar-refractivity contribution in [1.82, 2.24) is 10.3 Å². The Morgan fingerprint density at radius 3 is 2.71 bits per heavy atom. The molecule has 0 atom stereocenters. The van der Waals surface area contributed by atoms with Crippen molar-refractivity contribution in [2.45, 2.75) is 26.7 Å². The summed E-state index contributed by atoms with van der Waals surface area (Å²) in [6, 6.07) is 3.71. The number of nitrogens with zero attached hydrogens (tertiary/aromatic N) is 1. The van der Waals surface area contributed by atoms with E-state index >= 15 is 0 Å². The van der Waals surface area contributed by atoms with Gasteiger partial charge in [-0.05, 0) is 25.0 Å². The molecular weight excluding hydrogens is 176 g/mol. The van der Waals surface area contributed by atoms with Gasteiger partial charge in [0, 0.05) is 19.9 Å². The van der Waals surface area contributed by atoms with E-state index in [4.69, 9.17) is 0 Å². The van der Waals surface area contributed by atoms with Crippen LogP contribution < -0.4 is 5.32 Å². The number of carbonyl (C=O) groups excluding carboxylic acids is 1. The van der Waals surface area contributed by atoms with Gasteiger partial charge in [-0.3, -0.25) is 9.78 Å². The van der Waals surface area contributed by atoms with Crippen LogP contribution in [0.25, 0.3) is 0 Å². The molecule has 0 aromatic carbocycles. The second kappa shape index (κ2) is 4.74. The number of carbonyl (C=O) groups is 1. The van der Waals surface area contributed by atoms with Crippen LogP contribution in [0.5, 0.6) is 0 Å².